The molecule has 0 bridgehead atoms. The molecule has 1 aliphatic carbocycles. The third kappa shape index (κ3) is 1.41. The molecule has 0 heterocycles. The molecule has 0 fully saturated rings. The zero-order valence-corrected chi connectivity index (χ0v) is 7.91. The zero-order chi connectivity index (χ0) is 10.1. The minimum absolute atomic E-state index is 0.0239. The van der Waals surface area contributed by atoms with Crippen LogP contribution in [0.25, 0.3) is 0 Å². The fourth-order valence-electron chi connectivity index (χ4n) is 1.80. The molecule has 1 amide bonds. The van der Waals surface area contributed by atoms with Crippen molar-refractivity contribution in [2.75, 3.05) is 0 Å². The van der Waals surface area contributed by atoms with Crippen LogP contribution in [0.4, 0.5) is 0 Å². The van der Waals surface area contributed by atoms with Gasteiger partial charge in [-0.3, -0.25) is 9.59 Å². The average molecular weight is 189 g/mol. The molecule has 3 nitrogen and oxygen atoms in total. The molecule has 1 atom stereocenters. The van der Waals surface area contributed by atoms with Crippen LogP contribution in [0.15, 0.2) is 24.3 Å². The summed E-state index contributed by atoms with van der Waals surface area (Å²) in [4.78, 5) is 22.6. The van der Waals surface area contributed by atoms with E-state index in [0.717, 1.165) is 11.1 Å². The second-order valence-electron chi connectivity index (χ2n) is 3.48. The summed E-state index contributed by atoms with van der Waals surface area (Å²) in [6, 6.07) is 7.12. The summed E-state index contributed by atoms with van der Waals surface area (Å²) in [5.74, 6) is -0.132. The van der Waals surface area contributed by atoms with E-state index in [-0.39, 0.29) is 17.7 Å². The maximum absolute atomic E-state index is 11.7. The van der Waals surface area contributed by atoms with Crippen molar-refractivity contribution >= 4 is 11.7 Å². The number of hydrogen-bond donors (Lipinski definition) is 1. The van der Waals surface area contributed by atoms with Crippen molar-refractivity contribution in [3.8, 4) is 0 Å². The Labute approximate surface area is 82.1 Å². The van der Waals surface area contributed by atoms with E-state index >= 15 is 0 Å². The molecule has 0 saturated carbocycles. The van der Waals surface area contributed by atoms with Crippen LogP contribution in [-0.2, 0) is 11.2 Å². The van der Waals surface area contributed by atoms with Gasteiger partial charge in [0, 0.05) is 18.9 Å². The third-order valence-corrected chi connectivity index (χ3v) is 2.40. The van der Waals surface area contributed by atoms with Gasteiger partial charge in [-0.1, -0.05) is 24.3 Å². The second kappa shape index (κ2) is 3.25. The van der Waals surface area contributed by atoms with Gasteiger partial charge in [-0.05, 0) is 5.56 Å². The molecular weight excluding hydrogens is 178 g/mol. The van der Waals surface area contributed by atoms with Crippen LogP contribution in [0.2, 0.25) is 0 Å². The van der Waals surface area contributed by atoms with Gasteiger partial charge in [0.05, 0.1) is 6.04 Å². The number of fused-ring (bicyclic) bond motifs is 1. The molecule has 1 aliphatic rings. The Balaban J connectivity index is 2.26. The monoisotopic (exact) mass is 189 g/mol. The molecule has 1 aromatic rings. The van der Waals surface area contributed by atoms with E-state index in [9.17, 15) is 9.59 Å². The van der Waals surface area contributed by atoms with Gasteiger partial charge in [-0.25, -0.2) is 0 Å². The van der Waals surface area contributed by atoms with Gasteiger partial charge in [0.1, 0.15) is 0 Å². The lowest BCUT2D eigenvalue weighted by atomic mass is 10.1. The van der Waals surface area contributed by atoms with Crippen molar-refractivity contribution in [1.82, 2.24) is 5.32 Å². The molecule has 0 aliphatic heterocycles. The summed E-state index contributed by atoms with van der Waals surface area (Å²) in [5, 5.41) is 2.65. The Morgan fingerprint density at radius 2 is 2.14 bits per heavy atom. The normalized spacial score (nSPS) is 19.2. The Morgan fingerprint density at radius 3 is 2.79 bits per heavy atom. The van der Waals surface area contributed by atoms with Crippen molar-refractivity contribution in [1.29, 1.82) is 0 Å². The molecule has 0 saturated heterocycles. The standard InChI is InChI=1S/C11H11NO2/c1-7(13)12-10-6-8-4-2-3-5-9(8)11(10)14/h2-5,10H,6H2,1H3,(H,12,13)/t10-/m0/s1. The van der Waals surface area contributed by atoms with E-state index in [4.69, 9.17) is 0 Å². The molecule has 0 radical (unpaired) electrons. The maximum Gasteiger partial charge on any atom is 0.217 e. The van der Waals surface area contributed by atoms with Crippen molar-refractivity contribution in [2.45, 2.75) is 19.4 Å². The molecular formula is C11H11NO2. The molecule has 72 valence electrons. The van der Waals surface area contributed by atoms with Gasteiger partial charge < -0.3 is 5.32 Å². The number of Topliss-reactive ketones (excluding diaryl/α,β-unsaturated/α-hetero) is 1. The fraction of sp³-hybridized carbons (Fsp3) is 0.273. The van der Waals surface area contributed by atoms with Crippen LogP contribution >= 0.6 is 0 Å². The van der Waals surface area contributed by atoms with Crippen LogP contribution in [0.5, 0.6) is 0 Å². The van der Waals surface area contributed by atoms with Crippen LogP contribution in [0.3, 0.4) is 0 Å². The van der Waals surface area contributed by atoms with Crippen LogP contribution < -0.4 is 5.32 Å². The first kappa shape index (κ1) is 8.94. The van der Waals surface area contributed by atoms with Gasteiger partial charge in [0.15, 0.2) is 5.78 Å². The molecule has 3 heteroatoms. The molecule has 0 unspecified atom stereocenters. The lowest BCUT2D eigenvalue weighted by molar-refractivity contribution is -0.119. The predicted octanol–water partition coefficient (Wildman–Crippen LogP) is 0.930. The highest BCUT2D eigenvalue weighted by Crippen LogP contribution is 2.21. The summed E-state index contributed by atoms with van der Waals surface area (Å²) in [6.45, 7) is 1.43. The summed E-state index contributed by atoms with van der Waals surface area (Å²) < 4.78 is 0. The van der Waals surface area contributed by atoms with E-state index in [0.29, 0.717) is 6.42 Å². The Hall–Kier alpha value is -1.64. The van der Waals surface area contributed by atoms with E-state index in [1.807, 2.05) is 18.2 Å². The Morgan fingerprint density at radius 1 is 1.43 bits per heavy atom. The number of hydrogen-bond acceptors (Lipinski definition) is 2. The first-order chi connectivity index (χ1) is 6.68. The molecule has 0 spiro atoms. The van der Waals surface area contributed by atoms with Crippen molar-refractivity contribution in [3.63, 3.8) is 0 Å². The number of amides is 1. The SMILES string of the molecule is CC(=O)N[C@H]1Cc2ccccc2C1=O. The zero-order valence-electron chi connectivity index (χ0n) is 7.91. The first-order valence-electron chi connectivity index (χ1n) is 4.57. The molecule has 0 aromatic heterocycles. The predicted molar refractivity (Wildman–Crippen MR) is 52.1 cm³/mol. The van der Waals surface area contributed by atoms with Gasteiger partial charge in [0.2, 0.25) is 5.91 Å². The van der Waals surface area contributed by atoms with Gasteiger partial charge in [0.25, 0.3) is 0 Å². The molecule has 14 heavy (non-hydrogen) atoms. The number of rotatable bonds is 1. The number of carbonyl (C=O) groups excluding carboxylic acids is 2. The highest BCUT2D eigenvalue weighted by Gasteiger charge is 2.30. The highest BCUT2D eigenvalue weighted by molar-refractivity contribution is 6.05. The second-order valence-corrected chi connectivity index (χ2v) is 3.48. The Bertz CT molecular complexity index is 398. The summed E-state index contributed by atoms with van der Waals surface area (Å²) in [6.07, 6.45) is 0.620. The van der Waals surface area contributed by atoms with Crippen LogP contribution in [0, 0.1) is 0 Å². The van der Waals surface area contributed by atoms with Crippen molar-refractivity contribution in [2.24, 2.45) is 0 Å². The van der Waals surface area contributed by atoms with Gasteiger partial charge >= 0.3 is 0 Å². The molecule has 1 aromatic carbocycles. The number of carbonyl (C=O) groups is 2. The fourth-order valence-corrected chi connectivity index (χ4v) is 1.80. The lowest BCUT2D eigenvalue weighted by Crippen LogP contribution is -2.37. The van der Waals surface area contributed by atoms with Crippen LogP contribution in [0.1, 0.15) is 22.8 Å². The van der Waals surface area contributed by atoms with E-state index in [1.54, 1.807) is 6.07 Å². The lowest BCUT2D eigenvalue weighted by Gasteiger charge is -2.07. The highest BCUT2D eigenvalue weighted by atomic mass is 16.2. The van der Waals surface area contributed by atoms with Crippen LogP contribution in [-0.4, -0.2) is 17.7 Å². The maximum atomic E-state index is 11.7. The minimum Gasteiger partial charge on any atom is -0.346 e. The first-order valence-corrected chi connectivity index (χ1v) is 4.57. The third-order valence-electron chi connectivity index (χ3n) is 2.40. The molecule has 1 N–H and O–H groups in total. The average Bonchev–Trinajstić information content (AvgIpc) is 2.44. The summed E-state index contributed by atoms with van der Waals surface area (Å²) in [5.41, 5.74) is 1.77. The van der Waals surface area contributed by atoms with Gasteiger partial charge in [-0.15, -0.1) is 0 Å². The number of nitrogens with one attached hydrogen (secondary N) is 1. The molecule has 2 rings (SSSR count). The van der Waals surface area contributed by atoms with E-state index in [1.165, 1.54) is 6.92 Å². The minimum atomic E-state index is -0.357. The van der Waals surface area contributed by atoms with E-state index in [2.05, 4.69) is 5.32 Å². The summed E-state index contributed by atoms with van der Waals surface area (Å²) >= 11 is 0. The largest absolute Gasteiger partial charge is 0.346 e. The van der Waals surface area contributed by atoms with E-state index < -0.39 is 0 Å². The topological polar surface area (TPSA) is 46.2 Å². The smallest absolute Gasteiger partial charge is 0.217 e. The van der Waals surface area contributed by atoms with Crippen molar-refractivity contribution < 1.29 is 9.59 Å². The number of ketones is 1. The Kier molecular flexibility index (Phi) is 2.08. The van der Waals surface area contributed by atoms with Gasteiger partial charge in [-0.2, -0.15) is 0 Å². The quantitative estimate of drug-likeness (QED) is 0.714. The summed E-state index contributed by atoms with van der Waals surface area (Å²) in [7, 11) is 0. The van der Waals surface area contributed by atoms with Crippen molar-refractivity contribution in [3.05, 3.63) is 35.4 Å². The number of benzene rings is 1.